The van der Waals surface area contributed by atoms with E-state index < -0.39 is 0 Å². The van der Waals surface area contributed by atoms with Gasteiger partial charge in [-0.2, -0.15) is 0 Å². The number of benzene rings is 1. The van der Waals surface area contributed by atoms with Gasteiger partial charge in [-0.05, 0) is 44.2 Å². The van der Waals surface area contributed by atoms with Crippen LogP contribution in [0.3, 0.4) is 0 Å². The molecule has 2 rings (SSSR count). The van der Waals surface area contributed by atoms with Crippen LogP contribution in [0, 0.1) is 0 Å². The van der Waals surface area contributed by atoms with Crippen LogP contribution in [0.25, 0.3) is 0 Å². The highest BCUT2D eigenvalue weighted by molar-refractivity contribution is 7.98. The lowest BCUT2D eigenvalue weighted by atomic mass is 10.0. The quantitative estimate of drug-likeness (QED) is 0.790. The summed E-state index contributed by atoms with van der Waals surface area (Å²) in [5, 5.41) is 12.6. The second-order valence-corrected chi connectivity index (χ2v) is 6.37. The summed E-state index contributed by atoms with van der Waals surface area (Å²) in [4.78, 5) is 1.20. The van der Waals surface area contributed by atoms with E-state index in [1.807, 2.05) is 0 Å². The summed E-state index contributed by atoms with van der Waals surface area (Å²) in [6, 6.07) is 4.11. The number of ether oxygens (including phenoxy) is 2. The summed E-state index contributed by atoms with van der Waals surface area (Å²) in [6.07, 6.45) is 2.79. The van der Waals surface area contributed by atoms with Gasteiger partial charge in [-0.25, -0.2) is 0 Å². The molecule has 0 radical (unpaired) electrons. The van der Waals surface area contributed by atoms with E-state index >= 15 is 0 Å². The molecule has 1 aromatic rings. The van der Waals surface area contributed by atoms with Gasteiger partial charge in [-0.15, -0.1) is 11.8 Å². The highest BCUT2D eigenvalue weighted by Gasteiger charge is 2.19. The average Bonchev–Trinajstić information content (AvgIpc) is 2.44. The molecule has 0 unspecified atom stereocenters. The molecule has 4 nitrogen and oxygen atoms in total. The Bertz CT molecular complexity index is 463. The predicted molar refractivity (Wildman–Crippen MR) is 81.8 cm³/mol. The van der Waals surface area contributed by atoms with Gasteiger partial charge in [0.1, 0.15) is 13.2 Å². The molecular weight excluding hydrogens is 274 g/mol. The topological polar surface area (TPSA) is 50.7 Å². The van der Waals surface area contributed by atoms with Gasteiger partial charge in [0.2, 0.25) is 0 Å². The van der Waals surface area contributed by atoms with E-state index in [1.54, 1.807) is 11.8 Å². The fourth-order valence-corrected chi connectivity index (χ4v) is 2.76. The molecule has 0 bridgehead atoms. The molecule has 20 heavy (non-hydrogen) atoms. The number of aliphatic hydroxyl groups excluding tert-OH is 1. The second-order valence-electron chi connectivity index (χ2n) is 5.52. The molecule has 1 heterocycles. The molecule has 0 saturated heterocycles. The van der Waals surface area contributed by atoms with Gasteiger partial charge in [-0.1, -0.05) is 0 Å². The molecular formula is C15H23NO3S. The van der Waals surface area contributed by atoms with Gasteiger partial charge >= 0.3 is 0 Å². The first-order chi connectivity index (χ1) is 9.55. The van der Waals surface area contributed by atoms with Crippen LogP contribution >= 0.6 is 11.8 Å². The summed E-state index contributed by atoms with van der Waals surface area (Å²) >= 11 is 1.71. The summed E-state index contributed by atoms with van der Waals surface area (Å²) in [5.74, 6) is 1.66. The van der Waals surface area contributed by atoms with Crippen LogP contribution in [0.5, 0.6) is 11.5 Å². The van der Waals surface area contributed by atoms with E-state index in [0.29, 0.717) is 13.2 Å². The third kappa shape index (κ3) is 3.81. The van der Waals surface area contributed by atoms with E-state index in [4.69, 9.17) is 14.6 Å². The number of hydrogen-bond acceptors (Lipinski definition) is 5. The molecule has 0 atom stereocenters. The summed E-state index contributed by atoms with van der Waals surface area (Å²) in [6.45, 7) is 6.35. The Morgan fingerprint density at radius 1 is 1.25 bits per heavy atom. The highest BCUT2D eigenvalue weighted by Crippen LogP contribution is 2.36. The van der Waals surface area contributed by atoms with Crippen molar-refractivity contribution >= 4 is 11.8 Å². The van der Waals surface area contributed by atoms with Crippen molar-refractivity contribution in [2.24, 2.45) is 0 Å². The highest BCUT2D eigenvalue weighted by atomic mass is 32.2. The molecule has 1 aliphatic rings. The molecule has 0 amide bonds. The SMILES string of the molecule is CSc1cc2c(cc1CNC(C)(C)CCO)OCCO2. The Balaban J connectivity index is 2.14. The molecule has 0 spiro atoms. The monoisotopic (exact) mass is 297 g/mol. The Morgan fingerprint density at radius 3 is 2.50 bits per heavy atom. The van der Waals surface area contributed by atoms with Crippen molar-refractivity contribution < 1.29 is 14.6 Å². The van der Waals surface area contributed by atoms with E-state index in [-0.39, 0.29) is 12.1 Å². The number of fused-ring (bicyclic) bond motifs is 1. The average molecular weight is 297 g/mol. The molecule has 5 heteroatoms. The molecule has 2 N–H and O–H groups in total. The first-order valence-corrected chi connectivity index (χ1v) is 8.10. The molecule has 0 saturated carbocycles. The van der Waals surface area contributed by atoms with Gasteiger partial charge < -0.3 is 19.9 Å². The Hall–Kier alpha value is -0.910. The predicted octanol–water partition coefficient (Wildman–Crippen LogP) is 2.43. The van der Waals surface area contributed by atoms with Crippen LogP contribution in [0.2, 0.25) is 0 Å². The van der Waals surface area contributed by atoms with Crippen molar-refractivity contribution in [1.29, 1.82) is 0 Å². The first-order valence-electron chi connectivity index (χ1n) is 6.88. The third-order valence-electron chi connectivity index (χ3n) is 3.44. The summed E-state index contributed by atoms with van der Waals surface area (Å²) < 4.78 is 11.3. The fraction of sp³-hybridized carbons (Fsp3) is 0.600. The van der Waals surface area contributed by atoms with Gasteiger partial charge in [0, 0.05) is 23.6 Å². The van der Waals surface area contributed by atoms with Crippen LogP contribution in [0.4, 0.5) is 0 Å². The van der Waals surface area contributed by atoms with Gasteiger partial charge in [0.05, 0.1) is 0 Å². The smallest absolute Gasteiger partial charge is 0.162 e. The van der Waals surface area contributed by atoms with Gasteiger partial charge in [0.25, 0.3) is 0 Å². The number of rotatable bonds is 6. The van der Waals surface area contributed by atoms with Gasteiger partial charge in [-0.3, -0.25) is 0 Å². The molecule has 112 valence electrons. The van der Waals surface area contributed by atoms with Crippen molar-refractivity contribution in [3.8, 4) is 11.5 Å². The minimum absolute atomic E-state index is 0.0856. The maximum Gasteiger partial charge on any atom is 0.162 e. The Morgan fingerprint density at radius 2 is 1.90 bits per heavy atom. The Kier molecular flexibility index (Phi) is 5.18. The van der Waals surface area contributed by atoms with Crippen LogP contribution < -0.4 is 14.8 Å². The maximum absolute atomic E-state index is 9.08. The zero-order valence-electron chi connectivity index (χ0n) is 12.4. The Labute approximate surface area is 124 Å². The largest absolute Gasteiger partial charge is 0.486 e. The minimum Gasteiger partial charge on any atom is -0.486 e. The first kappa shape index (κ1) is 15.5. The van der Waals surface area contributed by atoms with Crippen molar-refractivity contribution in [2.45, 2.75) is 37.2 Å². The molecule has 0 aromatic heterocycles. The fourth-order valence-electron chi connectivity index (χ4n) is 2.14. The summed E-state index contributed by atoms with van der Waals surface area (Å²) in [5.41, 5.74) is 1.12. The van der Waals surface area contributed by atoms with Crippen LogP contribution in [-0.4, -0.2) is 36.7 Å². The van der Waals surface area contributed by atoms with E-state index in [0.717, 1.165) is 24.5 Å². The minimum atomic E-state index is -0.0856. The normalized spacial score (nSPS) is 14.4. The third-order valence-corrected chi connectivity index (χ3v) is 4.26. The molecule has 0 fully saturated rings. The van der Waals surface area contributed by atoms with Gasteiger partial charge in [0.15, 0.2) is 11.5 Å². The number of aliphatic hydroxyl groups is 1. The standard InChI is InChI=1S/C15H23NO3S/c1-15(2,4-5-17)16-10-11-8-12-13(9-14(11)20-3)19-7-6-18-12/h8-9,16-17H,4-7,10H2,1-3H3. The van der Waals surface area contributed by atoms with E-state index in [2.05, 4.69) is 37.6 Å². The second kappa shape index (κ2) is 6.70. The van der Waals surface area contributed by atoms with Crippen LogP contribution in [0.15, 0.2) is 17.0 Å². The summed E-state index contributed by atoms with van der Waals surface area (Å²) in [7, 11) is 0. The zero-order valence-corrected chi connectivity index (χ0v) is 13.2. The molecule has 1 aliphatic heterocycles. The van der Waals surface area contributed by atoms with E-state index in [1.165, 1.54) is 10.5 Å². The van der Waals surface area contributed by atoms with Crippen molar-refractivity contribution in [3.05, 3.63) is 17.7 Å². The van der Waals surface area contributed by atoms with Crippen LogP contribution in [-0.2, 0) is 6.54 Å². The van der Waals surface area contributed by atoms with E-state index in [9.17, 15) is 0 Å². The lowest BCUT2D eigenvalue weighted by Crippen LogP contribution is -2.39. The van der Waals surface area contributed by atoms with Crippen LogP contribution in [0.1, 0.15) is 25.8 Å². The zero-order chi connectivity index (χ0) is 14.6. The van der Waals surface area contributed by atoms with Crippen molar-refractivity contribution in [1.82, 2.24) is 5.32 Å². The number of nitrogens with one attached hydrogen (secondary N) is 1. The lowest BCUT2D eigenvalue weighted by molar-refractivity contribution is 0.170. The molecule has 1 aromatic carbocycles. The lowest BCUT2D eigenvalue weighted by Gasteiger charge is -2.27. The van der Waals surface area contributed by atoms with Crippen molar-refractivity contribution in [3.63, 3.8) is 0 Å². The molecule has 0 aliphatic carbocycles. The maximum atomic E-state index is 9.08. The number of hydrogen-bond donors (Lipinski definition) is 2. The van der Waals surface area contributed by atoms with Crippen molar-refractivity contribution in [2.75, 3.05) is 26.1 Å². The number of thioether (sulfide) groups is 1.